The third-order valence-corrected chi connectivity index (χ3v) is 5.08. The minimum Gasteiger partial charge on any atom is -0.309 e. The van der Waals surface area contributed by atoms with Crippen LogP contribution in [0, 0.1) is 6.92 Å². The van der Waals surface area contributed by atoms with E-state index in [1.165, 1.54) is 39.0 Å². The van der Waals surface area contributed by atoms with Crippen molar-refractivity contribution in [1.82, 2.24) is 4.57 Å². The smallest absolute Gasteiger partial charge is 0.0543 e. The summed E-state index contributed by atoms with van der Waals surface area (Å²) in [5.41, 5.74) is 7.78. The zero-order valence-corrected chi connectivity index (χ0v) is 16.0. The number of aryl methyl sites for hydroxylation is 1. The van der Waals surface area contributed by atoms with Crippen LogP contribution in [0.3, 0.4) is 0 Å². The highest BCUT2D eigenvalue weighted by Gasteiger charge is 2.21. The van der Waals surface area contributed by atoms with Crippen LogP contribution in [0.2, 0.25) is 0 Å². The standard InChI is InChI=1S/C25H25N/c1-18-11-5-7-13-20(18)24-17-19-12-6-9-15-22(19)26(24)23-16-10-8-14-21(23)25(2,3)4/h5-17H,1-4H3. The summed E-state index contributed by atoms with van der Waals surface area (Å²) in [6.45, 7) is 9.04. The lowest BCUT2D eigenvalue weighted by molar-refractivity contribution is 0.587. The van der Waals surface area contributed by atoms with Crippen molar-refractivity contribution < 1.29 is 0 Å². The number of nitrogens with zero attached hydrogens (tertiary/aromatic N) is 1. The van der Waals surface area contributed by atoms with E-state index in [0.717, 1.165) is 0 Å². The molecule has 130 valence electrons. The molecule has 0 N–H and O–H groups in total. The Hall–Kier alpha value is -2.80. The lowest BCUT2D eigenvalue weighted by Gasteiger charge is -2.25. The zero-order valence-electron chi connectivity index (χ0n) is 16.0. The molecule has 4 rings (SSSR count). The fraction of sp³-hybridized carbons (Fsp3) is 0.200. The number of aromatic nitrogens is 1. The maximum atomic E-state index is 2.43. The van der Waals surface area contributed by atoms with Crippen molar-refractivity contribution >= 4 is 10.9 Å². The van der Waals surface area contributed by atoms with Gasteiger partial charge in [0.25, 0.3) is 0 Å². The molecule has 0 saturated carbocycles. The van der Waals surface area contributed by atoms with Crippen LogP contribution in [-0.4, -0.2) is 4.57 Å². The molecule has 0 fully saturated rings. The summed E-state index contributed by atoms with van der Waals surface area (Å²) in [5, 5.41) is 1.27. The van der Waals surface area contributed by atoms with Gasteiger partial charge in [0.05, 0.1) is 11.2 Å². The molecule has 1 heteroatoms. The predicted molar refractivity (Wildman–Crippen MR) is 112 cm³/mol. The molecule has 0 spiro atoms. The van der Waals surface area contributed by atoms with Crippen LogP contribution < -0.4 is 0 Å². The Morgan fingerprint density at radius 1 is 0.731 bits per heavy atom. The third kappa shape index (κ3) is 2.74. The summed E-state index contributed by atoms with van der Waals surface area (Å²) >= 11 is 0. The predicted octanol–water partition coefficient (Wildman–Crippen LogP) is 6.90. The maximum Gasteiger partial charge on any atom is 0.0543 e. The second-order valence-electron chi connectivity index (χ2n) is 8.01. The first kappa shape index (κ1) is 16.7. The first-order chi connectivity index (χ1) is 12.5. The number of para-hydroxylation sites is 2. The summed E-state index contributed by atoms with van der Waals surface area (Å²) in [6.07, 6.45) is 0. The highest BCUT2D eigenvalue weighted by molar-refractivity contribution is 5.90. The molecule has 1 aromatic heterocycles. The first-order valence-electron chi connectivity index (χ1n) is 9.23. The molecule has 0 aliphatic carbocycles. The summed E-state index contributed by atoms with van der Waals surface area (Å²) in [7, 11) is 0. The van der Waals surface area contributed by atoms with Crippen molar-refractivity contribution in [3.8, 4) is 16.9 Å². The molecule has 1 heterocycles. The number of benzene rings is 3. The maximum absolute atomic E-state index is 2.43. The Balaban J connectivity index is 2.11. The molecule has 0 bridgehead atoms. The van der Waals surface area contributed by atoms with Gasteiger partial charge in [0.15, 0.2) is 0 Å². The van der Waals surface area contributed by atoms with Crippen molar-refractivity contribution in [1.29, 1.82) is 0 Å². The minimum absolute atomic E-state index is 0.0744. The molecule has 3 aromatic carbocycles. The molecule has 26 heavy (non-hydrogen) atoms. The van der Waals surface area contributed by atoms with Crippen molar-refractivity contribution in [3.63, 3.8) is 0 Å². The van der Waals surface area contributed by atoms with Crippen LogP contribution in [0.15, 0.2) is 78.9 Å². The topological polar surface area (TPSA) is 4.93 Å². The van der Waals surface area contributed by atoms with E-state index in [9.17, 15) is 0 Å². The molecule has 0 saturated heterocycles. The number of fused-ring (bicyclic) bond motifs is 1. The molecular weight excluding hydrogens is 314 g/mol. The van der Waals surface area contributed by atoms with Crippen molar-refractivity contribution in [3.05, 3.63) is 90.0 Å². The van der Waals surface area contributed by atoms with Gasteiger partial charge in [-0.25, -0.2) is 0 Å². The first-order valence-corrected chi connectivity index (χ1v) is 9.23. The molecule has 0 atom stereocenters. The zero-order chi connectivity index (χ0) is 18.3. The molecule has 0 unspecified atom stereocenters. The Morgan fingerprint density at radius 2 is 1.38 bits per heavy atom. The number of hydrogen-bond acceptors (Lipinski definition) is 0. The minimum atomic E-state index is 0.0744. The van der Waals surface area contributed by atoms with Gasteiger partial charge in [0.2, 0.25) is 0 Å². The molecule has 1 nitrogen and oxygen atoms in total. The Labute approximate surface area is 155 Å². The fourth-order valence-electron chi connectivity index (χ4n) is 3.78. The quantitative estimate of drug-likeness (QED) is 0.374. The average Bonchev–Trinajstić information content (AvgIpc) is 3.00. The van der Waals surface area contributed by atoms with Gasteiger partial charge in [-0.1, -0.05) is 81.4 Å². The van der Waals surface area contributed by atoms with Crippen LogP contribution >= 0.6 is 0 Å². The van der Waals surface area contributed by atoms with Crippen LogP contribution in [-0.2, 0) is 5.41 Å². The van der Waals surface area contributed by atoms with E-state index in [1.54, 1.807) is 0 Å². The lowest BCUT2D eigenvalue weighted by atomic mass is 9.85. The highest BCUT2D eigenvalue weighted by Crippen LogP contribution is 2.37. The normalized spacial score (nSPS) is 11.8. The summed E-state index contributed by atoms with van der Waals surface area (Å²) < 4.78 is 2.43. The Morgan fingerprint density at radius 3 is 2.15 bits per heavy atom. The van der Waals surface area contributed by atoms with E-state index in [1.807, 2.05) is 0 Å². The summed E-state index contributed by atoms with van der Waals surface area (Å²) in [5.74, 6) is 0. The van der Waals surface area contributed by atoms with Crippen LogP contribution in [0.5, 0.6) is 0 Å². The molecule has 0 aliphatic rings. The van der Waals surface area contributed by atoms with Gasteiger partial charge in [-0.05, 0) is 41.7 Å². The second kappa shape index (κ2) is 6.17. The average molecular weight is 339 g/mol. The highest BCUT2D eigenvalue weighted by atomic mass is 15.0. The van der Waals surface area contributed by atoms with Gasteiger partial charge in [0, 0.05) is 16.6 Å². The summed E-state index contributed by atoms with van der Waals surface area (Å²) in [6, 6.07) is 28.4. The third-order valence-electron chi connectivity index (χ3n) is 5.08. The number of rotatable bonds is 2. The van der Waals surface area contributed by atoms with Crippen LogP contribution in [0.4, 0.5) is 0 Å². The lowest BCUT2D eigenvalue weighted by Crippen LogP contribution is -2.15. The van der Waals surface area contributed by atoms with Crippen molar-refractivity contribution in [2.75, 3.05) is 0 Å². The Bertz CT molecular complexity index is 1080. The van der Waals surface area contributed by atoms with Gasteiger partial charge in [-0.3, -0.25) is 0 Å². The largest absolute Gasteiger partial charge is 0.309 e. The molecule has 4 aromatic rings. The molecule has 0 radical (unpaired) electrons. The Kier molecular flexibility index (Phi) is 3.96. The van der Waals surface area contributed by atoms with E-state index in [-0.39, 0.29) is 5.41 Å². The van der Waals surface area contributed by atoms with Gasteiger partial charge in [-0.15, -0.1) is 0 Å². The van der Waals surface area contributed by atoms with Gasteiger partial charge < -0.3 is 4.57 Å². The van der Waals surface area contributed by atoms with E-state index < -0.39 is 0 Å². The molecule has 0 amide bonds. The summed E-state index contributed by atoms with van der Waals surface area (Å²) in [4.78, 5) is 0. The van der Waals surface area contributed by atoms with E-state index in [2.05, 4.69) is 111 Å². The van der Waals surface area contributed by atoms with Crippen molar-refractivity contribution in [2.45, 2.75) is 33.1 Å². The van der Waals surface area contributed by atoms with Gasteiger partial charge >= 0.3 is 0 Å². The number of hydrogen-bond donors (Lipinski definition) is 0. The van der Waals surface area contributed by atoms with E-state index in [4.69, 9.17) is 0 Å². The van der Waals surface area contributed by atoms with Gasteiger partial charge in [-0.2, -0.15) is 0 Å². The van der Waals surface area contributed by atoms with E-state index in [0.29, 0.717) is 0 Å². The SMILES string of the molecule is Cc1ccccc1-c1cc2ccccc2n1-c1ccccc1C(C)(C)C. The molecular formula is C25H25N. The fourth-order valence-corrected chi connectivity index (χ4v) is 3.78. The monoisotopic (exact) mass is 339 g/mol. The van der Waals surface area contributed by atoms with Crippen molar-refractivity contribution in [2.24, 2.45) is 0 Å². The van der Waals surface area contributed by atoms with Crippen LogP contribution in [0.25, 0.3) is 27.8 Å². The molecule has 0 aliphatic heterocycles. The van der Waals surface area contributed by atoms with Crippen LogP contribution in [0.1, 0.15) is 31.9 Å². The van der Waals surface area contributed by atoms with Gasteiger partial charge in [0.1, 0.15) is 0 Å². The second-order valence-corrected chi connectivity index (χ2v) is 8.01. The van der Waals surface area contributed by atoms with E-state index >= 15 is 0 Å².